The highest BCUT2D eigenvalue weighted by Crippen LogP contribution is 2.19. The lowest BCUT2D eigenvalue weighted by Gasteiger charge is -2.09. The third-order valence-electron chi connectivity index (χ3n) is 3.54. The first-order valence-electron chi connectivity index (χ1n) is 6.23. The van der Waals surface area contributed by atoms with E-state index in [-0.39, 0.29) is 6.15 Å². The first kappa shape index (κ1) is 15.8. The van der Waals surface area contributed by atoms with E-state index in [9.17, 15) is 9.59 Å². The highest BCUT2D eigenvalue weighted by molar-refractivity contribution is 6.49. The molecular formula is C17H19NO2. The van der Waals surface area contributed by atoms with Gasteiger partial charge in [0.2, 0.25) is 11.6 Å². The van der Waals surface area contributed by atoms with Gasteiger partial charge in [0.05, 0.1) is 0 Å². The van der Waals surface area contributed by atoms with Crippen LogP contribution in [0.5, 0.6) is 0 Å². The molecule has 3 heteroatoms. The molecule has 0 saturated carbocycles. The maximum absolute atomic E-state index is 12.3. The predicted octanol–water partition coefficient (Wildman–Crippen LogP) is 3.84. The Labute approximate surface area is 119 Å². The molecule has 0 spiro atoms. The fourth-order valence-electron chi connectivity index (χ4n) is 2.05. The maximum Gasteiger partial charge on any atom is 0.233 e. The molecular weight excluding hydrogens is 250 g/mol. The summed E-state index contributed by atoms with van der Waals surface area (Å²) in [7, 11) is 0. The molecule has 20 heavy (non-hydrogen) atoms. The second-order valence-electron chi connectivity index (χ2n) is 4.70. The number of carbonyl (C=O) groups is 2. The number of benzene rings is 2. The molecule has 3 N–H and O–H groups in total. The molecule has 3 nitrogen and oxygen atoms in total. The minimum atomic E-state index is -0.452. The molecule has 0 bridgehead atoms. The molecule has 0 aliphatic rings. The van der Waals surface area contributed by atoms with Gasteiger partial charge in [0.15, 0.2) is 0 Å². The fourth-order valence-corrected chi connectivity index (χ4v) is 2.05. The Morgan fingerprint density at radius 1 is 0.750 bits per heavy atom. The molecule has 0 heterocycles. The molecule has 0 amide bonds. The summed E-state index contributed by atoms with van der Waals surface area (Å²) in [6, 6.07) is 12.3. The van der Waals surface area contributed by atoms with Gasteiger partial charge in [0.1, 0.15) is 0 Å². The summed E-state index contributed by atoms with van der Waals surface area (Å²) < 4.78 is 0. The largest absolute Gasteiger partial charge is 0.344 e. The van der Waals surface area contributed by atoms with Gasteiger partial charge < -0.3 is 6.15 Å². The van der Waals surface area contributed by atoms with E-state index in [0.29, 0.717) is 11.1 Å². The maximum atomic E-state index is 12.3. The van der Waals surface area contributed by atoms with Crippen LogP contribution in [0.1, 0.15) is 37.4 Å². The molecule has 0 saturated heterocycles. The Morgan fingerprint density at radius 3 is 1.95 bits per heavy atom. The van der Waals surface area contributed by atoms with E-state index in [0.717, 1.165) is 16.7 Å². The zero-order chi connectivity index (χ0) is 14.0. The van der Waals surface area contributed by atoms with E-state index in [1.165, 1.54) is 0 Å². The van der Waals surface area contributed by atoms with E-state index in [1.807, 2.05) is 32.9 Å². The number of aryl methyl sites for hydroxylation is 1. The normalized spacial score (nSPS) is 9.75. The number of hydrogen-bond acceptors (Lipinski definition) is 3. The highest BCUT2D eigenvalue weighted by atomic mass is 16.2. The second-order valence-corrected chi connectivity index (χ2v) is 4.70. The van der Waals surface area contributed by atoms with Crippen LogP contribution in [0.3, 0.4) is 0 Å². The predicted molar refractivity (Wildman–Crippen MR) is 80.8 cm³/mol. The quantitative estimate of drug-likeness (QED) is 0.680. The number of Topliss-reactive ketones (excluding diaryl/α,β-unsaturated/α-hetero) is 2. The lowest BCUT2D eigenvalue weighted by atomic mass is 9.93. The molecule has 0 unspecified atom stereocenters. The number of ketones is 2. The van der Waals surface area contributed by atoms with E-state index >= 15 is 0 Å². The van der Waals surface area contributed by atoms with Crippen molar-refractivity contribution in [2.24, 2.45) is 0 Å². The first-order chi connectivity index (χ1) is 9.02. The van der Waals surface area contributed by atoms with Crippen LogP contribution >= 0.6 is 0 Å². The van der Waals surface area contributed by atoms with Crippen LogP contribution in [0.4, 0.5) is 0 Å². The van der Waals surface area contributed by atoms with Crippen molar-refractivity contribution in [2.75, 3.05) is 0 Å². The summed E-state index contributed by atoms with van der Waals surface area (Å²) in [6.45, 7) is 5.85. The van der Waals surface area contributed by atoms with Crippen molar-refractivity contribution < 1.29 is 9.59 Å². The molecule has 0 fully saturated rings. The van der Waals surface area contributed by atoms with Crippen molar-refractivity contribution >= 4 is 11.6 Å². The van der Waals surface area contributed by atoms with Crippen molar-refractivity contribution in [1.82, 2.24) is 6.15 Å². The van der Waals surface area contributed by atoms with Gasteiger partial charge >= 0.3 is 0 Å². The lowest BCUT2D eigenvalue weighted by molar-refractivity contribution is 0.0816. The number of rotatable bonds is 3. The molecule has 2 rings (SSSR count). The van der Waals surface area contributed by atoms with Gasteiger partial charge in [-0.2, -0.15) is 0 Å². The van der Waals surface area contributed by atoms with Crippen molar-refractivity contribution in [3.63, 3.8) is 0 Å². The van der Waals surface area contributed by atoms with Gasteiger partial charge in [0, 0.05) is 11.1 Å². The molecule has 104 valence electrons. The Balaban J connectivity index is 0.00000200. The molecule has 2 aromatic carbocycles. The van der Waals surface area contributed by atoms with Gasteiger partial charge in [-0.05, 0) is 37.5 Å². The second kappa shape index (κ2) is 6.26. The van der Waals surface area contributed by atoms with Gasteiger partial charge in [-0.1, -0.05) is 42.5 Å². The summed E-state index contributed by atoms with van der Waals surface area (Å²) in [5, 5.41) is 0. The summed E-state index contributed by atoms with van der Waals surface area (Å²) in [5.74, 6) is -0.890. The molecule has 2 aromatic rings. The van der Waals surface area contributed by atoms with Crippen LogP contribution in [0, 0.1) is 20.8 Å². The summed E-state index contributed by atoms with van der Waals surface area (Å²) in [6.07, 6.45) is 0. The van der Waals surface area contributed by atoms with Gasteiger partial charge in [0.25, 0.3) is 0 Å². The van der Waals surface area contributed by atoms with Crippen LogP contribution in [-0.4, -0.2) is 11.6 Å². The standard InChI is InChI=1S/C17H16O2.H3N/c1-11-9-10-15(13(3)12(11)2)17(19)16(18)14-7-5-4-6-8-14;/h4-10H,1-3H3;1H3. The Morgan fingerprint density at radius 2 is 1.35 bits per heavy atom. The zero-order valence-electron chi connectivity index (χ0n) is 12.1. The van der Waals surface area contributed by atoms with E-state index < -0.39 is 11.6 Å². The van der Waals surface area contributed by atoms with Crippen molar-refractivity contribution in [3.8, 4) is 0 Å². The average Bonchev–Trinajstić information content (AvgIpc) is 2.44. The minimum Gasteiger partial charge on any atom is -0.344 e. The SMILES string of the molecule is Cc1ccc(C(=O)C(=O)c2ccccc2)c(C)c1C.N. The van der Waals surface area contributed by atoms with Crippen LogP contribution < -0.4 is 6.15 Å². The Hall–Kier alpha value is -2.26. The number of hydrogen-bond donors (Lipinski definition) is 1. The third-order valence-corrected chi connectivity index (χ3v) is 3.54. The van der Waals surface area contributed by atoms with Crippen LogP contribution in [-0.2, 0) is 0 Å². The van der Waals surface area contributed by atoms with Gasteiger partial charge in [-0.25, -0.2) is 0 Å². The number of carbonyl (C=O) groups excluding carboxylic acids is 2. The molecule has 0 radical (unpaired) electrons. The van der Waals surface area contributed by atoms with Crippen LogP contribution in [0.15, 0.2) is 42.5 Å². The van der Waals surface area contributed by atoms with E-state index in [4.69, 9.17) is 0 Å². The molecule has 0 aliphatic carbocycles. The Kier molecular flexibility index (Phi) is 4.94. The van der Waals surface area contributed by atoms with E-state index in [1.54, 1.807) is 30.3 Å². The average molecular weight is 269 g/mol. The molecule has 0 atom stereocenters. The van der Waals surface area contributed by atoms with Crippen molar-refractivity contribution in [2.45, 2.75) is 20.8 Å². The fraction of sp³-hybridized carbons (Fsp3) is 0.176. The van der Waals surface area contributed by atoms with Gasteiger partial charge in [-0.3, -0.25) is 9.59 Å². The van der Waals surface area contributed by atoms with Crippen molar-refractivity contribution in [1.29, 1.82) is 0 Å². The smallest absolute Gasteiger partial charge is 0.233 e. The first-order valence-corrected chi connectivity index (χ1v) is 6.23. The Bertz CT molecular complexity index is 646. The van der Waals surface area contributed by atoms with Gasteiger partial charge in [-0.15, -0.1) is 0 Å². The van der Waals surface area contributed by atoms with Crippen LogP contribution in [0.25, 0.3) is 0 Å². The summed E-state index contributed by atoms with van der Waals surface area (Å²) >= 11 is 0. The highest BCUT2D eigenvalue weighted by Gasteiger charge is 2.20. The third kappa shape index (κ3) is 2.83. The lowest BCUT2D eigenvalue weighted by Crippen LogP contribution is -2.16. The van der Waals surface area contributed by atoms with Crippen LogP contribution in [0.2, 0.25) is 0 Å². The van der Waals surface area contributed by atoms with E-state index in [2.05, 4.69) is 0 Å². The summed E-state index contributed by atoms with van der Waals surface area (Å²) in [4.78, 5) is 24.4. The topological polar surface area (TPSA) is 69.1 Å². The zero-order valence-corrected chi connectivity index (χ0v) is 12.1. The molecule has 0 aliphatic heterocycles. The monoisotopic (exact) mass is 269 g/mol. The summed E-state index contributed by atoms with van der Waals surface area (Å²) in [5.41, 5.74) is 4.00. The minimum absolute atomic E-state index is 0. The molecule has 0 aromatic heterocycles. The van der Waals surface area contributed by atoms with Crippen molar-refractivity contribution in [3.05, 3.63) is 70.3 Å².